The average Bonchev–Trinajstić information content (AvgIpc) is 2.97. The molecule has 1 saturated heterocycles. The molecule has 1 fully saturated rings. The highest BCUT2D eigenvalue weighted by Gasteiger charge is 2.28. The summed E-state index contributed by atoms with van der Waals surface area (Å²) in [5.41, 5.74) is 0. The number of aliphatic hydroxyl groups is 1. The van der Waals surface area contributed by atoms with Crippen LogP contribution in [0.4, 0.5) is 0 Å². The predicted molar refractivity (Wildman–Crippen MR) is 82.5 cm³/mol. The third kappa shape index (κ3) is 8.54. The maximum atomic E-state index is 11.6. The van der Waals surface area contributed by atoms with Crippen LogP contribution >= 0.6 is 0 Å². The van der Waals surface area contributed by atoms with E-state index in [4.69, 9.17) is 9.47 Å². The topological polar surface area (TPSA) is 102 Å². The SMILES string of the molecule is CCCCCCCC(=O)OCC(O)COC(=O)[C@@H]1CCC(=O)N1. The van der Waals surface area contributed by atoms with Crippen LogP contribution in [-0.4, -0.2) is 48.3 Å². The number of amides is 1. The molecule has 0 spiro atoms. The zero-order chi connectivity index (χ0) is 17.1. The fraction of sp³-hybridized carbons (Fsp3) is 0.812. The number of hydrogen-bond acceptors (Lipinski definition) is 6. The summed E-state index contributed by atoms with van der Waals surface area (Å²) in [6.07, 6.45) is 5.20. The fourth-order valence-corrected chi connectivity index (χ4v) is 2.25. The minimum atomic E-state index is -1.06. The normalized spacial score (nSPS) is 18.3. The summed E-state index contributed by atoms with van der Waals surface area (Å²) in [4.78, 5) is 34.1. The Morgan fingerprint density at radius 2 is 1.91 bits per heavy atom. The maximum absolute atomic E-state index is 11.6. The molecule has 132 valence electrons. The molecule has 0 saturated carbocycles. The van der Waals surface area contributed by atoms with Crippen molar-refractivity contribution >= 4 is 17.8 Å². The summed E-state index contributed by atoms with van der Waals surface area (Å²) < 4.78 is 9.83. The van der Waals surface area contributed by atoms with E-state index in [0.29, 0.717) is 19.3 Å². The van der Waals surface area contributed by atoms with E-state index in [-0.39, 0.29) is 25.1 Å². The molecule has 0 radical (unpaired) electrons. The first-order valence-electron chi connectivity index (χ1n) is 8.32. The molecule has 0 aromatic rings. The maximum Gasteiger partial charge on any atom is 0.328 e. The molecule has 0 aromatic carbocycles. The number of rotatable bonds is 11. The second-order valence-corrected chi connectivity index (χ2v) is 5.79. The van der Waals surface area contributed by atoms with E-state index in [9.17, 15) is 19.5 Å². The highest BCUT2D eigenvalue weighted by atomic mass is 16.6. The summed E-state index contributed by atoms with van der Waals surface area (Å²) in [6.45, 7) is 1.68. The first-order valence-corrected chi connectivity index (χ1v) is 8.32. The average molecular weight is 329 g/mol. The first kappa shape index (κ1) is 19.4. The van der Waals surface area contributed by atoms with Crippen LogP contribution in [-0.2, 0) is 23.9 Å². The number of esters is 2. The van der Waals surface area contributed by atoms with E-state index in [1.807, 2.05) is 0 Å². The molecule has 1 unspecified atom stereocenters. The molecular weight excluding hydrogens is 302 g/mol. The van der Waals surface area contributed by atoms with Crippen molar-refractivity contribution < 1.29 is 29.0 Å². The lowest BCUT2D eigenvalue weighted by atomic mass is 10.1. The number of carbonyl (C=O) groups excluding carboxylic acids is 3. The molecular formula is C16H27NO6. The van der Waals surface area contributed by atoms with Gasteiger partial charge in [-0.25, -0.2) is 4.79 Å². The Balaban J connectivity index is 2.05. The first-order chi connectivity index (χ1) is 11.0. The minimum absolute atomic E-state index is 0.180. The molecule has 0 aliphatic carbocycles. The summed E-state index contributed by atoms with van der Waals surface area (Å²) in [7, 11) is 0. The van der Waals surface area contributed by atoms with E-state index in [0.717, 1.165) is 25.7 Å². The van der Waals surface area contributed by atoms with Gasteiger partial charge in [0.05, 0.1) is 0 Å². The molecule has 7 nitrogen and oxygen atoms in total. The van der Waals surface area contributed by atoms with Gasteiger partial charge in [0.2, 0.25) is 5.91 Å². The van der Waals surface area contributed by atoms with Crippen molar-refractivity contribution in [1.82, 2.24) is 5.32 Å². The number of ether oxygens (including phenoxy) is 2. The highest BCUT2D eigenvalue weighted by Crippen LogP contribution is 2.08. The molecule has 1 rings (SSSR count). The number of carbonyl (C=O) groups is 3. The number of hydrogen-bond donors (Lipinski definition) is 2. The molecule has 0 aromatic heterocycles. The van der Waals surface area contributed by atoms with Crippen LogP contribution in [0, 0.1) is 0 Å². The Hall–Kier alpha value is -1.63. The summed E-state index contributed by atoms with van der Waals surface area (Å²) in [5, 5.41) is 12.1. The third-order valence-electron chi connectivity index (χ3n) is 3.62. The lowest BCUT2D eigenvalue weighted by Gasteiger charge is -2.14. The van der Waals surface area contributed by atoms with E-state index in [1.165, 1.54) is 6.42 Å². The van der Waals surface area contributed by atoms with Crippen molar-refractivity contribution in [3.8, 4) is 0 Å². The second kappa shape index (κ2) is 11.0. The Labute approximate surface area is 136 Å². The van der Waals surface area contributed by atoms with Crippen molar-refractivity contribution in [3.63, 3.8) is 0 Å². The van der Waals surface area contributed by atoms with Crippen molar-refractivity contribution in [3.05, 3.63) is 0 Å². The van der Waals surface area contributed by atoms with Crippen molar-refractivity contribution in [2.24, 2.45) is 0 Å². The molecule has 1 aliphatic rings. The van der Waals surface area contributed by atoms with Crippen LogP contribution in [0.5, 0.6) is 0 Å². The quantitative estimate of drug-likeness (QED) is 0.434. The van der Waals surface area contributed by atoms with Gasteiger partial charge < -0.3 is 19.9 Å². The molecule has 0 bridgehead atoms. The summed E-state index contributed by atoms with van der Waals surface area (Å²) in [5.74, 6) is -1.10. The lowest BCUT2D eigenvalue weighted by molar-refractivity contribution is -0.154. The Kier molecular flexibility index (Phi) is 9.28. The molecule has 1 heterocycles. The van der Waals surface area contributed by atoms with Crippen LogP contribution in [0.2, 0.25) is 0 Å². The van der Waals surface area contributed by atoms with Crippen LogP contribution < -0.4 is 5.32 Å². The van der Waals surface area contributed by atoms with Gasteiger partial charge in [0.15, 0.2) is 0 Å². The molecule has 2 atom stereocenters. The largest absolute Gasteiger partial charge is 0.463 e. The van der Waals surface area contributed by atoms with Crippen LogP contribution in [0.3, 0.4) is 0 Å². The van der Waals surface area contributed by atoms with Gasteiger partial charge in [0, 0.05) is 12.8 Å². The molecule has 2 N–H and O–H groups in total. The molecule has 1 amide bonds. The summed E-state index contributed by atoms with van der Waals surface area (Å²) in [6, 6.07) is -0.639. The van der Waals surface area contributed by atoms with Crippen molar-refractivity contribution in [2.45, 2.75) is 70.4 Å². The molecule has 7 heteroatoms. The van der Waals surface area contributed by atoms with Crippen molar-refractivity contribution in [1.29, 1.82) is 0 Å². The third-order valence-corrected chi connectivity index (χ3v) is 3.62. The van der Waals surface area contributed by atoms with E-state index < -0.39 is 18.1 Å². The minimum Gasteiger partial charge on any atom is -0.463 e. The Morgan fingerprint density at radius 3 is 2.57 bits per heavy atom. The van der Waals surface area contributed by atoms with Crippen LogP contribution in [0.1, 0.15) is 58.3 Å². The van der Waals surface area contributed by atoms with E-state index in [1.54, 1.807) is 0 Å². The van der Waals surface area contributed by atoms with Gasteiger partial charge in [0.1, 0.15) is 25.4 Å². The Bertz CT molecular complexity index is 398. The zero-order valence-corrected chi connectivity index (χ0v) is 13.7. The summed E-state index contributed by atoms with van der Waals surface area (Å²) >= 11 is 0. The van der Waals surface area contributed by atoms with E-state index in [2.05, 4.69) is 12.2 Å². The number of nitrogens with one attached hydrogen (secondary N) is 1. The van der Waals surface area contributed by atoms with Gasteiger partial charge in [0.25, 0.3) is 0 Å². The van der Waals surface area contributed by atoms with Gasteiger partial charge >= 0.3 is 11.9 Å². The van der Waals surface area contributed by atoms with Gasteiger partial charge in [-0.05, 0) is 12.8 Å². The van der Waals surface area contributed by atoms with Gasteiger partial charge in [-0.3, -0.25) is 9.59 Å². The molecule has 1 aliphatic heterocycles. The van der Waals surface area contributed by atoms with Gasteiger partial charge in [-0.2, -0.15) is 0 Å². The number of aliphatic hydroxyl groups excluding tert-OH is 1. The Morgan fingerprint density at radius 1 is 1.22 bits per heavy atom. The van der Waals surface area contributed by atoms with E-state index >= 15 is 0 Å². The van der Waals surface area contributed by atoms with Crippen LogP contribution in [0.15, 0.2) is 0 Å². The monoisotopic (exact) mass is 329 g/mol. The highest BCUT2D eigenvalue weighted by molar-refractivity contribution is 5.88. The standard InChI is InChI=1S/C16H27NO6/c1-2-3-4-5-6-7-15(20)22-10-12(18)11-23-16(21)13-8-9-14(19)17-13/h12-13,18H,2-11H2,1H3,(H,17,19)/t12?,13-/m0/s1. The fourth-order valence-electron chi connectivity index (χ4n) is 2.25. The molecule has 23 heavy (non-hydrogen) atoms. The van der Waals surface area contributed by atoms with Gasteiger partial charge in [-0.15, -0.1) is 0 Å². The van der Waals surface area contributed by atoms with Crippen molar-refractivity contribution in [2.75, 3.05) is 13.2 Å². The lowest BCUT2D eigenvalue weighted by Crippen LogP contribution is -2.36. The van der Waals surface area contributed by atoms with Gasteiger partial charge in [-0.1, -0.05) is 32.6 Å². The zero-order valence-electron chi connectivity index (χ0n) is 13.7. The number of unbranched alkanes of at least 4 members (excludes halogenated alkanes) is 4. The van der Waals surface area contributed by atoms with Crippen LogP contribution in [0.25, 0.3) is 0 Å². The second-order valence-electron chi connectivity index (χ2n) is 5.79. The predicted octanol–water partition coefficient (Wildman–Crippen LogP) is 1.07. The smallest absolute Gasteiger partial charge is 0.328 e.